The minimum atomic E-state index is 0.324. The summed E-state index contributed by atoms with van der Waals surface area (Å²) in [5.74, 6) is 0. The van der Waals surface area contributed by atoms with Crippen LogP contribution in [0.2, 0.25) is 0 Å². The van der Waals surface area contributed by atoms with E-state index in [1.54, 1.807) is 10.9 Å². The van der Waals surface area contributed by atoms with Crippen LogP contribution in [-0.2, 0) is 0 Å². The third-order valence-corrected chi connectivity index (χ3v) is 4.14. The van der Waals surface area contributed by atoms with Gasteiger partial charge in [0.05, 0.1) is 11.9 Å². The fourth-order valence-electron chi connectivity index (χ4n) is 1.08. The average Bonchev–Trinajstić information content (AvgIpc) is 2.70. The molecule has 0 atom stereocenters. The van der Waals surface area contributed by atoms with Crippen molar-refractivity contribution in [2.75, 3.05) is 0 Å². The largest absolute Gasteiger partial charge is 0.296 e. The lowest BCUT2D eigenvalue weighted by Crippen LogP contribution is -1.95. The summed E-state index contributed by atoms with van der Waals surface area (Å²) in [4.78, 5) is 10.4. The number of aromatic nitrogens is 3. The Bertz CT molecular complexity index is 512. The molecule has 4 nitrogen and oxygen atoms in total. The van der Waals surface area contributed by atoms with Crippen molar-refractivity contribution in [2.24, 2.45) is 0 Å². The number of hydrogen-bond acceptors (Lipinski definition) is 3. The Morgan fingerprint density at radius 2 is 2.27 bits per heavy atom. The van der Waals surface area contributed by atoms with Crippen molar-refractivity contribution in [3.05, 3.63) is 38.1 Å². The maximum atomic E-state index is 10.4. The highest BCUT2D eigenvalue weighted by Gasteiger charge is 2.03. The van der Waals surface area contributed by atoms with Crippen LogP contribution >= 0.6 is 38.5 Å². The van der Waals surface area contributed by atoms with E-state index in [0.29, 0.717) is 12.0 Å². The quantitative estimate of drug-likeness (QED) is 0.596. The maximum Gasteiger partial charge on any atom is 0.171 e. The van der Waals surface area contributed by atoms with Gasteiger partial charge in [-0.2, -0.15) is 0 Å². The monoisotopic (exact) mass is 377 g/mol. The van der Waals surface area contributed by atoms with Crippen LogP contribution in [0.5, 0.6) is 0 Å². The number of carbonyl (C=O) groups excluding carboxylic acids is 1. The number of benzene rings is 1. The zero-order chi connectivity index (χ0) is 10.8. The van der Waals surface area contributed by atoms with Crippen LogP contribution in [-0.4, -0.2) is 21.3 Å². The first-order valence-electron chi connectivity index (χ1n) is 4.03. The molecule has 0 saturated heterocycles. The number of nitrogens with zero attached hydrogens (tertiary/aromatic N) is 3. The van der Waals surface area contributed by atoms with Gasteiger partial charge >= 0.3 is 0 Å². The van der Waals surface area contributed by atoms with E-state index in [0.717, 1.165) is 13.7 Å². The predicted molar refractivity (Wildman–Crippen MR) is 67.2 cm³/mol. The molecule has 0 aliphatic carbocycles. The summed E-state index contributed by atoms with van der Waals surface area (Å²) in [5.41, 5.74) is 1.19. The third-order valence-electron chi connectivity index (χ3n) is 1.80. The molecule has 15 heavy (non-hydrogen) atoms. The van der Waals surface area contributed by atoms with Crippen LogP contribution in [0.15, 0.2) is 28.9 Å². The molecule has 6 heteroatoms. The minimum absolute atomic E-state index is 0.324. The highest BCUT2D eigenvalue weighted by atomic mass is 127. The van der Waals surface area contributed by atoms with Crippen molar-refractivity contribution in [1.29, 1.82) is 0 Å². The Labute approximate surface area is 108 Å². The first kappa shape index (κ1) is 10.7. The molecule has 0 saturated carbocycles. The molecule has 0 N–H and O–H groups in total. The summed E-state index contributed by atoms with van der Waals surface area (Å²) in [6, 6.07) is 5.79. The van der Waals surface area contributed by atoms with Gasteiger partial charge in [-0.3, -0.25) is 4.79 Å². The molecule has 0 unspecified atom stereocenters. The van der Waals surface area contributed by atoms with Crippen molar-refractivity contribution in [1.82, 2.24) is 15.0 Å². The molecule has 2 rings (SSSR count). The van der Waals surface area contributed by atoms with Gasteiger partial charge in [0.25, 0.3) is 0 Å². The van der Waals surface area contributed by atoms with Crippen LogP contribution in [0.4, 0.5) is 0 Å². The SMILES string of the molecule is O=Cc1cn(-c2ccc(I)c(Br)c2)nn1. The average molecular weight is 378 g/mol. The fourth-order valence-corrected chi connectivity index (χ4v) is 1.79. The van der Waals surface area contributed by atoms with Crippen molar-refractivity contribution < 1.29 is 4.79 Å². The van der Waals surface area contributed by atoms with E-state index >= 15 is 0 Å². The first-order chi connectivity index (χ1) is 7.20. The molecule has 0 spiro atoms. The van der Waals surface area contributed by atoms with E-state index in [1.165, 1.54) is 0 Å². The summed E-state index contributed by atoms with van der Waals surface area (Å²) in [7, 11) is 0. The van der Waals surface area contributed by atoms with Gasteiger partial charge < -0.3 is 0 Å². The second-order valence-electron chi connectivity index (χ2n) is 2.80. The van der Waals surface area contributed by atoms with E-state index in [1.807, 2.05) is 18.2 Å². The standard InChI is InChI=1S/C9H5BrIN3O/c10-8-3-7(1-2-9(8)11)14-4-6(5-15)12-13-14/h1-5H. The zero-order valence-corrected chi connectivity index (χ0v) is 11.1. The van der Waals surface area contributed by atoms with Crippen LogP contribution in [0.3, 0.4) is 0 Å². The molecule has 0 fully saturated rings. The molecule has 76 valence electrons. The van der Waals surface area contributed by atoms with Crippen molar-refractivity contribution in [2.45, 2.75) is 0 Å². The topological polar surface area (TPSA) is 47.8 Å². The second kappa shape index (κ2) is 4.40. The highest BCUT2D eigenvalue weighted by molar-refractivity contribution is 14.1. The van der Waals surface area contributed by atoms with Gasteiger partial charge in [-0.05, 0) is 56.7 Å². The molecule has 1 aromatic heterocycles. The normalized spacial score (nSPS) is 10.3. The zero-order valence-electron chi connectivity index (χ0n) is 7.39. The lowest BCUT2D eigenvalue weighted by Gasteiger charge is -2.01. The summed E-state index contributed by atoms with van der Waals surface area (Å²) in [6.07, 6.45) is 2.26. The van der Waals surface area contributed by atoms with Crippen molar-refractivity contribution in [3.63, 3.8) is 0 Å². The molecule has 0 radical (unpaired) electrons. The summed E-state index contributed by atoms with van der Waals surface area (Å²) in [5, 5.41) is 7.53. The van der Waals surface area contributed by atoms with Gasteiger partial charge in [-0.25, -0.2) is 4.68 Å². The maximum absolute atomic E-state index is 10.4. The van der Waals surface area contributed by atoms with Crippen LogP contribution < -0.4 is 0 Å². The van der Waals surface area contributed by atoms with Gasteiger partial charge in [0.15, 0.2) is 6.29 Å². The predicted octanol–water partition coefficient (Wildman–Crippen LogP) is 2.45. The van der Waals surface area contributed by atoms with Gasteiger partial charge in [-0.1, -0.05) is 5.21 Å². The van der Waals surface area contributed by atoms with E-state index in [9.17, 15) is 4.79 Å². The molecule has 0 amide bonds. The Morgan fingerprint density at radius 1 is 1.47 bits per heavy atom. The lowest BCUT2D eigenvalue weighted by molar-refractivity contribution is 0.111. The van der Waals surface area contributed by atoms with Crippen LogP contribution in [0.25, 0.3) is 5.69 Å². The molecule has 0 aliphatic heterocycles. The number of rotatable bonds is 2. The van der Waals surface area contributed by atoms with Crippen LogP contribution in [0.1, 0.15) is 10.5 Å². The van der Waals surface area contributed by atoms with E-state index in [-0.39, 0.29) is 0 Å². The first-order valence-corrected chi connectivity index (χ1v) is 5.91. The Balaban J connectivity index is 2.44. The number of halogens is 2. The Morgan fingerprint density at radius 3 is 2.87 bits per heavy atom. The molecule has 2 aromatic rings. The number of hydrogen-bond donors (Lipinski definition) is 0. The minimum Gasteiger partial charge on any atom is -0.296 e. The molecule has 1 heterocycles. The Kier molecular flexibility index (Phi) is 3.15. The molecular weight excluding hydrogens is 373 g/mol. The van der Waals surface area contributed by atoms with Gasteiger partial charge in [-0.15, -0.1) is 5.10 Å². The van der Waals surface area contributed by atoms with Gasteiger partial charge in [0.1, 0.15) is 5.69 Å². The Hall–Kier alpha value is -0.760. The third kappa shape index (κ3) is 2.25. The second-order valence-corrected chi connectivity index (χ2v) is 4.82. The highest BCUT2D eigenvalue weighted by Crippen LogP contribution is 2.21. The molecule has 0 bridgehead atoms. The van der Waals surface area contributed by atoms with Crippen molar-refractivity contribution in [3.8, 4) is 5.69 Å². The summed E-state index contributed by atoms with van der Waals surface area (Å²) >= 11 is 5.65. The smallest absolute Gasteiger partial charge is 0.171 e. The number of carbonyl (C=O) groups is 1. The fraction of sp³-hybridized carbons (Fsp3) is 0. The molecular formula is C9H5BrIN3O. The molecule has 0 aliphatic rings. The van der Waals surface area contributed by atoms with E-state index in [4.69, 9.17) is 0 Å². The lowest BCUT2D eigenvalue weighted by atomic mass is 10.3. The van der Waals surface area contributed by atoms with Gasteiger partial charge in [0.2, 0.25) is 0 Å². The summed E-state index contributed by atoms with van der Waals surface area (Å²) in [6.45, 7) is 0. The van der Waals surface area contributed by atoms with Gasteiger partial charge in [0, 0.05) is 8.04 Å². The number of aldehydes is 1. The van der Waals surface area contributed by atoms with Crippen LogP contribution in [0, 0.1) is 3.57 Å². The van der Waals surface area contributed by atoms with Crippen molar-refractivity contribution >= 4 is 44.8 Å². The molecule has 1 aromatic carbocycles. The van der Waals surface area contributed by atoms with E-state index < -0.39 is 0 Å². The van der Waals surface area contributed by atoms with E-state index in [2.05, 4.69) is 48.8 Å². The summed E-state index contributed by atoms with van der Waals surface area (Å²) < 4.78 is 3.67.